The number of nitrogens with two attached hydrogens (primary N) is 1. The molecule has 6 heteroatoms. The second-order valence-corrected chi connectivity index (χ2v) is 2.86. The van der Waals surface area contributed by atoms with Crippen LogP contribution in [0.3, 0.4) is 0 Å². The number of aliphatic hydroxyl groups excluding tert-OH is 1. The van der Waals surface area contributed by atoms with Crippen LogP contribution in [0.25, 0.3) is 0 Å². The Bertz CT molecular complexity index is 345. The fourth-order valence-corrected chi connectivity index (χ4v) is 1.23. The minimum atomic E-state index is -2.66. The lowest BCUT2D eigenvalue weighted by Gasteiger charge is -2.11. The lowest BCUT2D eigenvalue weighted by atomic mass is 10.1. The summed E-state index contributed by atoms with van der Waals surface area (Å²) in [5, 5.41) is 8.92. The van der Waals surface area contributed by atoms with Crippen molar-refractivity contribution in [1.82, 2.24) is 4.98 Å². The molecule has 0 spiro atoms. The molecule has 1 aromatic rings. The van der Waals surface area contributed by atoms with Crippen molar-refractivity contribution in [2.75, 3.05) is 7.11 Å². The van der Waals surface area contributed by atoms with E-state index in [0.717, 1.165) is 0 Å². The summed E-state index contributed by atoms with van der Waals surface area (Å²) in [5.41, 5.74) is 5.34. The van der Waals surface area contributed by atoms with Crippen LogP contribution in [-0.2, 0) is 13.2 Å². The van der Waals surface area contributed by atoms with Crippen LogP contribution >= 0.6 is 0 Å². The first-order valence-electron chi connectivity index (χ1n) is 4.29. The molecule has 0 aliphatic heterocycles. The number of aliphatic hydroxyl groups is 1. The smallest absolute Gasteiger partial charge is 0.265 e. The molecule has 1 rings (SSSR count). The molecule has 0 saturated carbocycles. The van der Waals surface area contributed by atoms with E-state index in [1.807, 2.05) is 0 Å². The molecule has 0 bridgehead atoms. The molecule has 84 valence electrons. The second-order valence-electron chi connectivity index (χ2n) is 2.86. The van der Waals surface area contributed by atoms with Crippen LogP contribution in [0.15, 0.2) is 6.07 Å². The van der Waals surface area contributed by atoms with Gasteiger partial charge in [0.15, 0.2) is 0 Å². The van der Waals surface area contributed by atoms with Crippen molar-refractivity contribution in [1.29, 1.82) is 0 Å². The molecule has 0 aliphatic rings. The predicted octanol–water partition coefficient (Wildman–Crippen LogP) is 0.979. The first-order chi connectivity index (χ1) is 7.13. The number of alkyl halides is 2. The highest BCUT2D eigenvalue weighted by Crippen LogP contribution is 2.27. The predicted molar refractivity (Wildman–Crippen MR) is 49.6 cm³/mol. The largest absolute Gasteiger partial charge is 0.481 e. The Labute approximate surface area is 85.7 Å². The van der Waals surface area contributed by atoms with Crippen LogP contribution in [0.5, 0.6) is 5.88 Å². The van der Waals surface area contributed by atoms with Crippen molar-refractivity contribution < 1.29 is 18.6 Å². The highest BCUT2D eigenvalue weighted by molar-refractivity contribution is 5.34. The second kappa shape index (κ2) is 4.99. The van der Waals surface area contributed by atoms with Gasteiger partial charge in [0.1, 0.15) is 0 Å². The summed E-state index contributed by atoms with van der Waals surface area (Å²) in [6.07, 6.45) is -2.66. The fourth-order valence-electron chi connectivity index (χ4n) is 1.23. The molecule has 0 saturated heterocycles. The number of halogens is 2. The molecule has 0 fully saturated rings. The van der Waals surface area contributed by atoms with Crippen LogP contribution in [-0.4, -0.2) is 17.2 Å². The van der Waals surface area contributed by atoms with E-state index in [4.69, 9.17) is 15.6 Å². The third-order valence-electron chi connectivity index (χ3n) is 1.97. The normalized spacial score (nSPS) is 10.8. The highest BCUT2D eigenvalue weighted by Gasteiger charge is 2.17. The molecule has 0 unspecified atom stereocenters. The van der Waals surface area contributed by atoms with Crippen LogP contribution in [0.1, 0.15) is 23.2 Å². The van der Waals surface area contributed by atoms with Gasteiger partial charge in [-0.25, -0.2) is 13.8 Å². The van der Waals surface area contributed by atoms with Gasteiger partial charge in [-0.3, -0.25) is 0 Å². The molecule has 1 heterocycles. The fraction of sp³-hybridized carbons (Fsp3) is 0.444. The van der Waals surface area contributed by atoms with Gasteiger partial charge < -0.3 is 15.6 Å². The van der Waals surface area contributed by atoms with Gasteiger partial charge in [0.25, 0.3) is 6.43 Å². The molecule has 1 aromatic heterocycles. The Balaban J connectivity index is 3.27. The first kappa shape index (κ1) is 11.8. The van der Waals surface area contributed by atoms with E-state index >= 15 is 0 Å². The van der Waals surface area contributed by atoms with E-state index < -0.39 is 13.0 Å². The first-order valence-corrected chi connectivity index (χ1v) is 4.29. The Morgan fingerprint density at radius 2 is 2.27 bits per heavy atom. The van der Waals surface area contributed by atoms with E-state index in [2.05, 4.69) is 4.98 Å². The number of nitrogens with zero attached hydrogens (tertiary/aromatic N) is 1. The summed E-state index contributed by atoms with van der Waals surface area (Å²) >= 11 is 0. The minimum absolute atomic E-state index is 0.0825. The third-order valence-corrected chi connectivity index (χ3v) is 1.97. The molecule has 0 aromatic carbocycles. The van der Waals surface area contributed by atoms with Crippen molar-refractivity contribution in [3.8, 4) is 5.88 Å². The average Bonchev–Trinajstić information content (AvgIpc) is 2.26. The lowest BCUT2D eigenvalue weighted by Crippen LogP contribution is -2.08. The zero-order valence-electron chi connectivity index (χ0n) is 8.20. The van der Waals surface area contributed by atoms with Crippen molar-refractivity contribution >= 4 is 0 Å². The van der Waals surface area contributed by atoms with E-state index in [0.29, 0.717) is 0 Å². The summed E-state index contributed by atoms with van der Waals surface area (Å²) in [6, 6.07) is 1.17. The maximum Gasteiger partial charge on any atom is 0.265 e. The van der Waals surface area contributed by atoms with Gasteiger partial charge >= 0.3 is 0 Å². The standard InChI is InChI=1S/C9H12F2N2O2/c1-15-9-5(4-14)2-6(8(10)11)7(3-12)13-9/h2,8,14H,3-4,12H2,1H3. The summed E-state index contributed by atoms with van der Waals surface area (Å²) in [6.45, 7) is -0.498. The quantitative estimate of drug-likeness (QED) is 0.790. The lowest BCUT2D eigenvalue weighted by molar-refractivity contribution is 0.149. The zero-order chi connectivity index (χ0) is 11.4. The van der Waals surface area contributed by atoms with Gasteiger partial charge in [0, 0.05) is 17.7 Å². The van der Waals surface area contributed by atoms with E-state index in [-0.39, 0.29) is 29.2 Å². The zero-order valence-corrected chi connectivity index (χ0v) is 8.20. The number of hydrogen-bond acceptors (Lipinski definition) is 4. The number of aromatic nitrogens is 1. The highest BCUT2D eigenvalue weighted by atomic mass is 19.3. The number of methoxy groups -OCH3 is 1. The summed E-state index contributed by atoms with van der Waals surface area (Å²) in [5.74, 6) is 0.127. The van der Waals surface area contributed by atoms with Gasteiger partial charge in [-0.15, -0.1) is 0 Å². The summed E-state index contributed by atoms with van der Waals surface area (Å²) in [7, 11) is 1.35. The molecule has 15 heavy (non-hydrogen) atoms. The van der Waals surface area contributed by atoms with Crippen LogP contribution < -0.4 is 10.5 Å². The van der Waals surface area contributed by atoms with Crippen LogP contribution in [0.4, 0.5) is 8.78 Å². The van der Waals surface area contributed by atoms with Gasteiger partial charge in [0.2, 0.25) is 5.88 Å². The third kappa shape index (κ3) is 2.40. The monoisotopic (exact) mass is 218 g/mol. The molecule has 4 nitrogen and oxygen atoms in total. The molecule has 0 aliphatic carbocycles. The molecular weight excluding hydrogens is 206 g/mol. The molecule has 0 radical (unpaired) electrons. The Morgan fingerprint density at radius 3 is 2.67 bits per heavy atom. The van der Waals surface area contributed by atoms with Gasteiger partial charge in [-0.1, -0.05) is 0 Å². The van der Waals surface area contributed by atoms with Crippen LogP contribution in [0.2, 0.25) is 0 Å². The Morgan fingerprint density at radius 1 is 1.60 bits per heavy atom. The number of rotatable bonds is 4. The van der Waals surface area contributed by atoms with Gasteiger partial charge in [-0.2, -0.15) is 0 Å². The van der Waals surface area contributed by atoms with E-state index in [1.165, 1.54) is 13.2 Å². The average molecular weight is 218 g/mol. The summed E-state index contributed by atoms with van der Waals surface area (Å²) in [4.78, 5) is 3.81. The van der Waals surface area contributed by atoms with Crippen molar-refractivity contribution in [3.63, 3.8) is 0 Å². The number of hydrogen-bond donors (Lipinski definition) is 2. The van der Waals surface area contributed by atoms with E-state index in [9.17, 15) is 8.78 Å². The van der Waals surface area contributed by atoms with Crippen molar-refractivity contribution in [3.05, 3.63) is 22.9 Å². The van der Waals surface area contributed by atoms with Crippen molar-refractivity contribution in [2.45, 2.75) is 19.6 Å². The van der Waals surface area contributed by atoms with Gasteiger partial charge in [0.05, 0.1) is 19.4 Å². The van der Waals surface area contributed by atoms with Crippen LogP contribution in [0, 0.1) is 0 Å². The van der Waals surface area contributed by atoms with Gasteiger partial charge in [-0.05, 0) is 6.07 Å². The molecular formula is C9H12F2N2O2. The summed E-state index contributed by atoms with van der Waals surface area (Å²) < 4.78 is 29.9. The topological polar surface area (TPSA) is 68.4 Å². The minimum Gasteiger partial charge on any atom is -0.481 e. The van der Waals surface area contributed by atoms with E-state index in [1.54, 1.807) is 0 Å². The molecule has 3 N–H and O–H groups in total. The molecule has 0 amide bonds. The molecule has 0 atom stereocenters. The number of pyridine rings is 1. The SMILES string of the molecule is COc1nc(CN)c(C(F)F)cc1CO. The maximum absolute atomic E-state index is 12.5. The Kier molecular flexibility index (Phi) is 3.93. The Hall–Kier alpha value is -1.27. The maximum atomic E-state index is 12.5. The van der Waals surface area contributed by atoms with Crippen molar-refractivity contribution in [2.24, 2.45) is 5.73 Å². The number of ether oxygens (including phenoxy) is 1.